The third kappa shape index (κ3) is 2.28. The summed E-state index contributed by atoms with van der Waals surface area (Å²) in [7, 11) is 0. The predicted molar refractivity (Wildman–Crippen MR) is 81.1 cm³/mol. The summed E-state index contributed by atoms with van der Waals surface area (Å²) >= 11 is 0. The van der Waals surface area contributed by atoms with Gasteiger partial charge in [-0.25, -0.2) is 0 Å². The molecule has 3 nitrogen and oxygen atoms in total. The van der Waals surface area contributed by atoms with Crippen LogP contribution >= 0.6 is 0 Å². The molecule has 2 atom stereocenters. The van der Waals surface area contributed by atoms with Crippen LogP contribution in [0.1, 0.15) is 36.8 Å². The van der Waals surface area contributed by atoms with Gasteiger partial charge in [0.25, 0.3) is 0 Å². The fraction of sp³-hybridized carbons (Fsp3) is 0.611. The molecule has 1 saturated carbocycles. The Kier molecular flexibility index (Phi) is 3.26. The van der Waals surface area contributed by atoms with Gasteiger partial charge in [-0.1, -0.05) is 24.3 Å². The van der Waals surface area contributed by atoms with Gasteiger partial charge in [-0.05, 0) is 49.1 Å². The van der Waals surface area contributed by atoms with Crippen molar-refractivity contribution in [2.75, 3.05) is 19.8 Å². The highest BCUT2D eigenvalue weighted by molar-refractivity contribution is 5.78. The molecule has 2 aliphatic carbocycles. The number of fused-ring (bicyclic) bond motifs is 2. The van der Waals surface area contributed by atoms with E-state index in [1.54, 1.807) is 5.56 Å². The summed E-state index contributed by atoms with van der Waals surface area (Å²) in [5.41, 5.74) is 3.46. The molecular weight excluding hydrogens is 262 g/mol. The molecule has 2 fully saturated rings. The Morgan fingerprint density at radius 3 is 2.95 bits per heavy atom. The topological polar surface area (TPSA) is 38.3 Å². The van der Waals surface area contributed by atoms with Crippen molar-refractivity contribution in [2.24, 2.45) is 11.8 Å². The van der Waals surface area contributed by atoms with Gasteiger partial charge < -0.3 is 10.1 Å². The standard InChI is InChI=1S/C18H23NO2/c20-17(14-6-9-21-10-7-14)19-12-15-11-18(15)8-5-13-3-1-2-4-16(13)18/h1-4,14-15H,5-12H2,(H,19,20)/t15-,18+/m0/s1. The van der Waals surface area contributed by atoms with E-state index in [0.717, 1.165) is 32.6 Å². The second kappa shape index (κ2) is 5.13. The van der Waals surface area contributed by atoms with Crippen molar-refractivity contribution < 1.29 is 9.53 Å². The van der Waals surface area contributed by atoms with Crippen LogP contribution in [0.2, 0.25) is 0 Å². The van der Waals surface area contributed by atoms with Crippen molar-refractivity contribution in [2.45, 2.75) is 37.5 Å². The molecule has 3 aliphatic rings. The summed E-state index contributed by atoms with van der Waals surface area (Å²) in [6.45, 7) is 2.32. The molecule has 1 saturated heterocycles. The number of benzene rings is 1. The molecule has 1 amide bonds. The van der Waals surface area contributed by atoms with Crippen LogP contribution in [0.4, 0.5) is 0 Å². The first-order valence-electron chi connectivity index (χ1n) is 8.23. The number of ether oxygens (including phenoxy) is 1. The van der Waals surface area contributed by atoms with Gasteiger partial charge in [-0.2, -0.15) is 0 Å². The lowest BCUT2D eigenvalue weighted by molar-refractivity contribution is -0.127. The number of aryl methyl sites for hydroxylation is 1. The third-order valence-electron chi connectivity index (χ3n) is 5.74. The average molecular weight is 285 g/mol. The van der Waals surface area contributed by atoms with Crippen LogP contribution in [-0.4, -0.2) is 25.7 Å². The molecule has 112 valence electrons. The van der Waals surface area contributed by atoms with Gasteiger partial charge >= 0.3 is 0 Å². The molecule has 3 heteroatoms. The van der Waals surface area contributed by atoms with Gasteiger partial charge in [0.05, 0.1) is 0 Å². The minimum atomic E-state index is 0.171. The van der Waals surface area contributed by atoms with E-state index in [1.807, 2.05) is 0 Å². The molecule has 0 radical (unpaired) electrons. The Labute approximate surface area is 126 Å². The lowest BCUT2D eigenvalue weighted by Gasteiger charge is -2.21. The van der Waals surface area contributed by atoms with Crippen LogP contribution in [0.3, 0.4) is 0 Å². The predicted octanol–water partition coefficient (Wildman–Crippen LogP) is 2.43. The maximum Gasteiger partial charge on any atom is 0.223 e. The van der Waals surface area contributed by atoms with Crippen molar-refractivity contribution >= 4 is 5.91 Å². The molecule has 1 heterocycles. The Morgan fingerprint density at radius 1 is 1.29 bits per heavy atom. The normalized spacial score (nSPS) is 31.1. The van der Waals surface area contributed by atoms with Crippen molar-refractivity contribution in [3.8, 4) is 0 Å². The van der Waals surface area contributed by atoms with E-state index in [0.29, 0.717) is 11.3 Å². The van der Waals surface area contributed by atoms with E-state index >= 15 is 0 Å². The van der Waals surface area contributed by atoms with Gasteiger partial charge in [-0.3, -0.25) is 4.79 Å². The molecule has 21 heavy (non-hydrogen) atoms. The van der Waals surface area contributed by atoms with E-state index in [9.17, 15) is 4.79 Å². The highest BCUT2D eigenvalue weighted by atomic mass is 16.5. The zero-order chi connectivity index (χ0) is 14.3. The summed E-state index contributed by atoms with van der Waals surface area (Å²) in [6, 6.07) is 8.85. The molecule has 1 aliphatic heterocycles. The van der Waals surface area contributed by atoms with Crippen LogP contribution < -0.4 is 5.32 Å². The van der Waals surface area contributed by atoms with Crippen LogP contribution in [-0.2, 0) is 21.4 Å². The Morgan fingerprint density at radius 2 is 2.10 bits per heavy atom. The summed E-state index contributed by atoms with van der Waals surface area (Å²) in [4.78, 5) is 12.2. The fourth-order valence-electron chi connectivity index (χ4n) is 4.33. The largest absolute Gasteiger partial charge is 0.381 e. The van der Waals surface area contributed by atoms with E-state index in [4.69, 9.17) is 4.74 Å². The second-order valence-corrected chi connectivity index (χ2v) is 6.85. The number of hydrogen-bond donors (Lipinski definition) is 1. The third-order valence-corrected chi connectivity index (χ3v) is 5.74. The van der Waals surface area contributed by atoms with Gasteiger partial charge in [0, 0.05) is 31.1 Å². The van der Waals surface area contributed by atoms with Crippen LogP contribution in [0.25, 0.3) is 0 Å². The molecule has 0 unspecified atom stereocenters. The first kappa shape index (κ1) is 13.3. The SMILES string of the molecule is O=C(NC[C@@H]1C[C@]12CCc1ccccc12)C1CCOCC1. The van der Waals surface area contributed by atoms with Crippen LogP contribution in [0.15, 0.2) is 24.3 Å². The molecule has 0 bridgehead atoms. The first-order chi connectivity index (χ1) is 10.3. The van der Waals surface area contributed by atoms with E-state index < -0.39 is 0 Å². The van der Waals surface area contributed by atoms with Crippen LogP contribution in [0, 0.1) is 11.8 Å². The first-order valence-corrected chi connectivity index (χ1v) is 8.23. The van der Waals surface area contributed by atoms with Crippen molar-refractivity contribution in [3.05, 3.63) is 35.4 Å². The minimum absolute atomic E-state index is 0.171. The number of carbonyl (C=O) groups excluding carboxylic acids is 1. The quantitative estimate of drug-likeness (QED) is 0.926. The number of amides is 1. The average Bonchev–Trinajstić information content (AvgIpc) is 3.13. The Bertz CT molecular complexity index is 550. The number of rotatable bonds is 3. The molecule has 1 aromatic rings. The Balaban J connectivity index is 1.35. The summed E-state index contributed by atoms with van der Waals surface area (Å²) in [5.74, 6) is 1.06. The zero-order valence-corrected chi connectivity index (χ0v) is 12.4. The maximum atomic E-state index is 12.2. The number of hydrogen-bond acceptors (Lipinski definition) is 2. The van der Waals surface area contributed by atoms with E-state index in [1.165, 1.54) is 24.8 Å². The van der Waals surface area contributed by atoms with Gasteiger partial charge in [0.15, 0.2) is 0 Å². The fourth-order valence-corrected chi connectivity index (χ4v) is 4.33. The molecular formula is C18H23NO2. The van der Waals surface area contributed by atoms with Gasteiger partial charge in [0.2, 0.25) is 5.91 Å². The monoisotopic (exact) mass is 285 g/mol. The smallest absolute Gasteiger partial charge is 0.223 e. The lowest BCUT2D eigenvalue weighted by Crippen LogP contribution is -2.36. The van der Waals surface area contributed by atoms with E-state index in [2.05, 4.69) is 29.6 Å². The van der Waals surface area contributed by atoms with Crippen molar-refractivity contribution in [1.29, 1.82) is 0 Å². The molecule has 1 N–H and O–H groups in total. The Hall–Kier alpha value is -1.35. The zero-order valence-electron chi connectivity index (χ0n) is 12.4. The number of carbonyl (C=O) groups is 1. The summed E-state index contributed by atoms with van der Waals surface area (Å²) in [5, 5.41) is 3.20. The van der Waals surface area contributed by atoms with E-state index in [-0.39, 0.29) is 11.8 Å². The molecule has 0 aromatic heterocycles. The minimum Gasteiger partial charge on any atom is -0.381 e. The van der Waals surface area contributed by atoms with Gasteiger partial charge in [-0.15, -0.1) is 0 Å². The van der Waals surface area contributed by atoms with Gasteiger partial charge in [0.1, 0.15) is 0 Å². The lowest BCUT2D eigenvalue weighted by atomic mass is 9.95. The van der Waals surface area contributed by atoms with Crippen LogP contribution in [0.5, 0.6) is 0 Å². The molecule has 1 spiro atoms. The van der Waals surface area contributed by atoms with Crippen molar-refractivity contribution in [3.63, 3.8) is 0 Å². The highest BCUT2D eigenvalue weighted by Gasteiger charge is 2.57. The molecule has 1 aromatic carbocycles. The number of nitrogens with one attached hydrogen (secondary N) is 1. The highest BCUT2D eigenvalue weighted by Crippen LogP contribution is 2.61. The molecule has 4 rings (SSSR count). The summed E-state index contributed by atoms with van der Waals surface area (Å²) < 4.78 is 5.32. The second-order valence-electron chi connectivity index (χ2n) is 6.85. The summed E-state index contributed by atoms with van der Waals surface area (Å²) in [6.07, 6.45) is 5.48. The van der Waals surface area contributed by atoms with Crippen molar-refractivity contribution in [1.82, 2.24) is 5.32 Å². The maximum absolute atomic E-state index is 12.2.